The Labute approximate surface area is 116 Å². The number of para-hydroxylation sites is 1. The summed E-state index contributed by atoms with van der Waals surface area (Å²) >= 11 is 0. The lowest BCUT2D eigenvalue weighted by atomic mass is 10.1. The molecule has 0 bridgehead atoms. The van der Waals surface area contributed by atoms with Gasteiger partial charge in [-0.3, -0.25) is 5.43 Å². The first kappa shape index (κ1) is 12.9. The van der Waals surface area contributed by atoms with Crippen molar-refractivity contribution >= 4 is 5.69 Å². The van der Waals surface area contributed by atoms with Crippen LogP contribution in [-0.4, -0.2) is 37.7 Å². The molecule has 1 aromatic rings. The predicted molar refractivity (Wildman–Crippen MR) is 80.5 cm³/mol. The molecular weight excluding hydrogens is 234 g/mol. The van der Waals surface area contributed by atoms with E-state index in [1.807, 2.05) is 0 Å². The average molecular weight is 259 g/mol. The third-order valence-corrected chi connectivity index (χ3v) is 4.16. The molecule has 0 amide bonds. The van der Waals surface area contributed by atoms with E-state index in [4.69, 9.17) is 0 Å². The maximum Gasteiger partial charge on any atom is 0.0402 e. The molecule has 19 heavy (non-hydrogen) atoms. The molecule has 0 spiro atoms. The molecule has 2 aliphatic rings. The van der Waals surface area contributed by atoms with Crippen molar-refractivity contribution in [1.29, 1.82) is 0 Å². The van der Waals surface area contributed by atoms with E-state index >= 15 is 0 Å². The lowest BCUT2D eigenvalue weighted by molar-refractivity contribution is 0.177. The van der Waals surface area contributed by atoms with Crippen molar-refractivity contribution in [3.63, 3.8) is 0 Å². The minimum atomic E-state index is 0.840. The maximum atomic E-state index is 3.50. The Hall–Kier alpha value is -1.06. The highest BCUT2D eigenvalue weighted by Gasteiger charge is 2.28. The van der Waals surface area contributed by atoms with E-state index in [0.717, 1.165) is 38.6 Å². The number of piperazine rings is 1. The summed E-state index contributed by atoms with van der Waals surface area (Å²) in [6.07, 6.45) is 3.97. The number of hydrazine groups is 1. The van der Waals surface area contributed by atoms with Crippen LogP contribution in [0.5, 0.6) is 0 Å². The van der Waals surface area contributed by atoms with Gasteiger partial charge in [0, 0.05) is 38.4 Å². The normalized spacial score (nSPS) is 20.8. The van der Waals surface area contributed by atoms with Crippen LogP contribution in [0, 0.1) is 0 Å². The molecule has 1 aliphatic carbocycles. The van der Waals surface area contributed by atoms with Crippen LogP contribution in [0.25, 0.3) is 0 Å². The van der Waals surface area contributed by atoms with Gasteiger partial charge in [0.1, 0.15) is 0 Å². The Morgan fingerprint density at radius 3 is 2.53 bits per heavy atom. The molecule has 104 valence electrons. The minimum Gasteiger partial charge on any atom is -0.369 e. The van der Waals surface area contributed by atoms with Gasteiger partial charge in [-0.15, -0.1) is 0 Å². The zero-order valence-corrected chi connectivity index (χ0v) is 11.9. The number of nitrogens with one attached hydrogen (secondary N) is 1. The fourth-order valence-corrected chi connectivity index (χ4v) is 2.89. The highest BCUT2D eigenvalue weighted by Crippen LogP contribution is 2.44. The first-order valence-corrected chi connectivity index (χ1v) is 7.71. The highest BCUT2D eigenvalue weighted by atomic mass is 15.5. The van der Waals surface area contributed by atoms with Crippen LogP contribution >= 0.6 is 0 Å². The van der Waals surface area contributed by atoms with Crippen LogP contribution in [0.2, 0.25) is 0 Å². The molecule has 1 saturated carbocycles. The van der Waals surface area contributed by atoms with Gasteiger partial charge in [0.2, 0.25) is 0 Å². The predicted octanol–water partition coefficient (Wildman–Crippen LogP) is 2.60. The first-order chi connectivity index (χ1) is 9.38. The summed E-state index contributed by atoms with van der Waals surface area (Å²) < 4.78 is 0. The molecule has 2 fully saturated rings. The Kier molecular flexibility index (Phi) is 4.04. The van der Waals surface area contributed by atoms with E-state index < -0.39 is 0 Å². The van der Waals surface area contributed by atoms with Crippen molar-refractivity contribution in [1.82, 2.24) is 10.4 Å². The number of anilines is 1. The molecule has 1 aliphatic heterocycles. The second-order valence-corrected chi connectivity index (χ2v) is 5.72. The van der Waals surface area contributed by atoms with Crippen molar-refractivity contribution in [3.8, 4) is 0 Å². The smallest absolute Gasteiger partial charge is 0.0402 e. The van der Waals surface area contributed by atoms with Crippen LogP contribution in [-0.2, 0) is 0 Å². The van der Waals surface area contributed by atoms with Gasteiger partial charge in [0.15, 0.2) is 0 Å². The molecule has 1 saturated heterocycles. The van der Waals surface area contributed by atoms with Gasteiger partial charge in [-0.05, 0) is 36.8 Å². The number of hydrogen-bond acceptors (Lipinski definition) is 3. The van der Waals surface area contributed by atoms with Crippen LogP contribution < -0.4 is 10.3 Å². The van der Waals surface area contributed by atoms with Crippen molar-refractivity contribution in [2.45, 2.75) is 32.1 Å². The summed E-state index contributed by atoms with van der Waals surface area (Å²) in [6.45, 7) is 7.84. The number of nitrogens with zero attached hydrogens (tertiary/aromatic N) is 2. The van der Waals surface area contributed by atoms with Gasteiger partial charge < -0.3 is 4.90 Å². The molecule has 0 radical (unpaired) electrons. The average Bonchev–Trinajstić information content (AvgIpc) is 3.30. The molecule has 0 aromatic heterocycles. The number of hydrogen-bond donors (Lipinski definition) is 1. The molecule has 3 heteroatoms. The molecule has 3 nitrogen and oxygen atoms in total. The highest BCUT2D eigenvalue weighted by molar-refractivity contribution is 5.56. The molecule has 0 unspecified atom stereocenters. The largest absolute Gasteiger partial charge is 0.369 e. The van der Waals surface area contributed by atoms with Crippen molar-refractivity contribution in [3.05, 3.63) is 29.8 Å². The molecule has 1 aromatic carbocycles. The van der Waals surface area contributed by atoms with E-state index in [2.05, 4.69) is 46.5 Å². The molecule has 3 rings (SSSR count). The molecule has 1 heterocycles. The van der Waals surface area contributed by atoms with Gasteiger partial charge >= 0.3 is 0 Å². The lowest BCUT2D eigenvalue weighted by Gasteiger charge is -2.37. The van der Waals surface area contributed by atoms with E-state index in [1.165, 1.54) is 24.9 Å². The summed E-state index contributed by atoms with van der Waals surface area (Å²) in [5, 5.41) is 2.37. The summed E-state index contributed by atoms with van der Waals surface area (Å²) in [5.74, 6) is 0.840. The SMILES string of the molecule is CCCNN1CCN(c2ccccc2C2CC2)CC1. The van der Waals surface area contributed by atoms with Gasteiger partial charge in [-0.1, -0.05) is 25.1 Å². The Bertz CT molecular complexity index is 406. The van der Waals surface area contributed by atoms with Crippen LogP contribution in [0.4, 0.5) is 5.69 Å². The standard InChI is InChI=1S/C16H25N3/c1-2-9-17-19-12-10-18(11-13-19)16-6-4-3-5-15(16)14-7-8-14/h3-6,14,17H,2,7-13H2,1H3. The van der Waals surface area contributed by atoms with Gasteiger partial charge in [-0.25, -0.2) is 5.01 Å². The molecular formula is C16H25N3. The fraction of sp³-hybridized carbons (Fsp3) is 0.625. The molecule has 0 atom stereocenters. The van der Waals surface area contributed by atoms with Crippen molar-refractivity contribution in [2.75, 3.05) is 37.6 Å². The third-order valence-electron chi connectivity index (χ3n) is 4.16. The zero-order valence-electron chi connectivity index (χ0n) is 11.9. The van der Waals surface area contributed by atoms with Crippen LogP contribution in [0.15, 0.2) is 24.3 Å². The van der Waals surface area contributed by atoms with Gasteiger partial charge in [0.05, 0.1) is 0 Å². The minimum absolute atomic E-state index is 0.840. The summed E-state index contributed by atoms with van der Waals surface area (Å²) in [7, 11) is 0. The number of rotatable bonds is 5. The third kappa shape index (κ3) is 3.10. The van der Waals surface area contributed by atoms with Crippen LogP contribution in [0.1, 0.15) is 37.7 Å². The quantitative estimate of drug-likeness (QED) is 0.877. The van der Waals surface area contributed by atoms with E-state index in [9.17, 15) is 0 Å². The second kappa shape index (κ2) is 5.93. The van der Waals surface area contributed by atoms with Crippen LogP contribution in [0.3, 0.4) is 0 Å². The summed E-state index contributed by atoms with van der Waals surface area (Å²) in [5.41, 5.74) is 6.57. The first-order valence-electron chi connectivity index (χ1n) is 7.71. The Balaban J connectivity index is 1.62. The van der Waals surface area contributed by atoms with E-state index in [-0.39, 0.29) is 0 Å². The van der Waals surface area contributed by atoms with E-state index in [0.29, 0.717) is 0 Å². The fourth-order valence-electron chi connectivity index (χ4n) is 2.89. The summed E-state index contributed by atoms with van der Waals surface area (Å²) in [4.78, 5) is 2.57. The number of benzene rings is 1. The van der Waals surface area contributed by atoms with E-state index in [1.54, 1.807) is 5.56 Å². The zero-order chi connectivity index (χ0) is 13.1. The van der Waals surface area contributed by atoms with Gasteiger partial charge in [0.25, 0.3) is 0 Å². The second-order valence-electron chi connectivity index (χ2n) is 5.72. The lowest BCUT2D eigenvalue weighted by Crippen LogP contribution is -2.52. The topological polar surface area (TPSA) is 18.5 Å². The van der Waals surface area contributed by atoms with Gasteiger partial charge in [-0.2, -0.15) is 0 Å². The Morgan fingerprint density at radius 1 is 1.11 bits per heavy atom. The van der Waals surface area contributed by atoms with Crippen molar-refractivity contribution in [2.24, 2.45) is 0 Å². The molecule has 1 N–H and O–H groups in total. The Morgan fingerprint density at radius 2 is 1.84 bits per heavy atom. The van der Waals surface area contributed by atoms with Crippen molar-refractivity contribution < 1.29 is 0 Å². The maximum absolute atomic E-state index is 3.50. The monoisotopic (exact) mass is 259 g/mol. The summed E-state index contributed by atoms with van der Waals surface area (Å²) in [6, 6.07) is 9.01.